The van der Waals surface area contributed by atoms with Gasteiger partial charge >= 0.3 is 0 Å². The van der Waals surface area contributed by atoms with Gasteiger partial charge in [0.1, 0.15) is 0 Å². The minimum absolute atomic E-state index is 0.116. The highest BCUT2D eigenvalue weighted by molar-refractivity contribution is 6.34. The van der Waals surface area contributed by atoms with Gasteiger partial charge in [-0.25, -0.2) is 10.0 Å². The Kier molecular flexibility index (Phi) is 5.26. The third-order valence-corrected chi connectivity index (χ3v) is 2.99. The number of para-hydroxylation sites is 1. The fourth-order valence-electron chi connectivity index (χ4n) is 1.87. The first kappa shape index (κ1) is 15.4. The van der Waals surface area contributed by atoms with Gasteiger partial charge in [-0.1, -0.05) is 31.5 Å². The van der Waals surface area contributed by atoms with Crippen LogP contribution < -0.4 is 5.01 Å². The Labute approximate surface area is 116 Å². The van der Waals surface area contributed by atoms with Crippen molar-refractivity contribution < 1.29 is 9.72 Å². The largest absolute Gasteiger partial charge is 0.295 e. The highest BCUT2D eigenvalue weighted by Crippen LogP contribution is 2.36. The van der Waals surface area contributed by atoms with Crippen LogP contribution in [0, 0.1) is 10.1 Å². The number of halogens is 1. The molecule has 1 rings (SSSR count). The van der Waals surface area contributed by atoms with Crippen molar-refractivity contribution in [3.63, 3.8) is 0 Å². The topological polar surface area (TPSA) is 66.7 Å². The summed E-state index contributed by atoms with van der Waals surface area (Å²) in [6.07, 6.45) is 0. The molecule has 0 atom stereocenters. The fourth-order valence-corrected chi connectivity index (χ4v) is 2.12. The van der Waals surface area contributed by atoms with Crippen LogP contribution >= 0.6 is 11.6 Å². The van der Waals surface area contributed by atoms with Gasteiger partial charge in [-0.2, -0.15) is 0 Å². The molecule has 0 saturated heterocycles. The molecule has 6 nitrogen and oxygen atoms in total. The molecule has 7 heteroatoms. The van der Waals surface area contributed by atoms with Crippen LogP contribution in [0.4, 0.5) is 11.4 Å². The van der Waals surface area contributed by atoms with E-state index in [-0.39, 0.29) is 22.3 Å². The Balaban J connectivity index is 3.46. The van der Waals surface area contributed by atoms with E-state index in [1.165, 1.54) is 30.1 Å². The quantitative estimate of drug-likeness (QED) is 0.616. The van der Waals surface area contributed by atoms with E-state index in [2.05, 4.69) is 0 Å². The summed E-state index contributed by atoms with van der Waals surface area (Å²) in [4.78, 5) is 22.4. The molecule has 104 valence electrons. The van der Waals surface area contributed by atoms with E-state index in [9.17, 15) is 14.9 Å². The van der Waals surface area contributed by atoms with Gasteiger partial charge in [0.25, 0.3) is 5.69 Å². The third-order valence-electron chi connectivity index (χ3n) is 2.69. The number of nitrogens with zero attached hydrogens (tertiary/aromatic N) is 3. The van der Waals surface area contributed by atoms with Crippen molar-refractivity contribution in [2.75, 3.05) is 18.1 Å². The minimum Gasteiger partial charge on any atom is -0.273 e. The normalized spacial score (nSPS) is 10.6. The molecule has 0 radical (unpaired) electrons. The Morgan fingerprint density at radius 2 is 1.95 bits per heavy atom. The number of hydrogen-bond acceptors (Lipinski definition) is 4. The van der Waals surface area contributed by atoms with Gasteiger partial charge in [-0.3, -0.25) is 14.9 Å². The average molecular weight is 286 g/mol. The zero-order valence-corrected chi connectivity index (χ0v) is 11.8. The van der Waals surface area contributed by atoms with Crippen LogP contribution in [-0.4, -0.2) is 28.9 Å². The van der Waals surface area contributed by atoms with Crippen molar-refractivity contribution in [2.45, 2.75) is 20.8 Å². The molecule has 1 amide bonds. The second-order valence-electron chi connectivity index (χ2n) is 3.83. The molecule has 1 aromatic carbocycles. The summed E-state index contributed by atoms with van der Waals surface area (Å²) in [7, 11) is 0. The molecule has 0 heterocycles. The van der Waals surface area contributed by atoms with E-state index in [1.54, 1.807) is 5.01 Å². The number of rotatable bonds is 5. The van der Waals surface area contributed by atoms with Gasteiger partial charge in [0.2, 0.25) is 5.91 Å². The number of hydrazine groups is 1. The third kappa shape index (κ3) is 3.21. The molecular formula is C12H16ClN3O3. The van der Waals surface area contributed by atoms with Gasteiger partial charge in [0.05, 0.1) is 9.95 Å². The number of hydrogen-bond donors (Lipinski definition) is 0. The molecule has 0 aliphatic heterocycles. The van der Waals surface area contributed by atoms with Crippen molar-refractivity contribution >= 4 is 28.9 Å². The molecule has 1 aromatic rings. The summed E-state index contributed by atoms with van der Waals surface area (Å²) in [5, 5.41) is 14.2. The summed E-state index contributed by atoms with van der Waals surface area (Å²) in [5.41, 5.74) is -0.0695. The SMILES string of the molecule is CCN(CC)N(C(C)=O)c1c(Cl)cccc1[N+](=O)[O-]. The van der Waals surface area contributed by atoms with Crippen LogP contribution in [0.15, 0.2) is 18.2 Å². The number of amides is 1. The molecule has 0 saturated carbocycles. The van der Waals surface area contributed by atoms with Gasteiger partial charge in [-0.05, 0) is 6.07 Å². The van der Waals surface area contributed by atoms with Crippen molar-refractivity contribution in [1.82, 2.24) is 5.01 Å². The van der Waals surface area contributed by atoms with Crippen LogP contribution in [-0.2, 0) is 4.79 Å². The molecule has 0 bridgehead atoms. The molecule has 0 aliphatic carbocycles. The van der Waals surface area contributed by atoms with Gasteiger partial charge in [-0.15, -0.1) is 0 Å². The number of nitro groups is 1. The molecule has 0 fully saturated rings. The summed E-state index contributed by atoms with van der Waals surface area (Å²) < 4.78 is 0. The Morgan fingerprint density at radius 1 is 1.37 bits per heavy atom. The molecule has 0 aromatic heterocycles. The minimum atomic E-state index is -0.541. The number of carbonyl (C=O) groups excluding carboxylic acids is 1. The number of benzene rings is 1. The lowest BCUT2D eigenvalue weighted by atomic mass is 10.2. The molecule has 0 aliphatic rings. The zero-order valence-electron chi connectivity index (χ0n) is 11.1. The first-order valence-corrected chi connectivity index (χ1v) is 6.30. The van der Waals surface area contributed by atoms with Crippen LogP contribution in [0.25, 0.3) is 0 Å². The Bertz CT molecular complexity index is 489. The monoisotopic (exact) mass is 285 g/mol. The van der Waals surface area contributed by atoms with Crippen LogP contribution in [0.2, 0.25) is 5.02 Å². The fraction of sp³-hybridized carbons (Fsp3) is 0.417. The summed E-state index contributed by atoms with van der Waals surface area (Å²) >= 11 is 6.05. The van der Waals surface area contributed by atoms with Gasteiger partial charge in [0.15, 0.2) is 5.69 Å². The van der Waals surface area contributed by atoms with E-state index >= 15 is 0 Å². The average Bonchev–Trinajstić information content (AvgIpc) is 2.35. The first-order valence-electron chi connectivity index (χ1n) is 5.92. The Hall–Kier alpha value is -1.66. The van der Waals surface area contributed by atoms with Gasteiger partial charge < -0.3 is 0 Å². The summed E-state index contributed by atoms with van der Waals surface area (Å²) in [5.74, 6) is -0.320. The van der Waals surface area contributed by atoms with Crippen molar-refractivity contribution in [1.29, 1.82) is 0 Å². The van der Waals surface area contributed by atoms with Crippen molar-refractivity contribution in [3.8, 4) is 0 Å². The maximum Gasteiger partial charge on any atom is 0.295 e. The standard InChI is InChI=1S/C12H16ClN3O3/c1-4-14(5-2)15(9(3)17)12-10(13)7-6-8-11(12)16(18)19/h6-8H,4-5H2,1-3H3. The number of anilines is 1. The maximum absolute atomic E-state index is 11.8. The van der Waals surface area contributed by atoms with Crippen molar-refractivity contribution in [2.24, 2.45) is 0 Å². The molecular weight excluding hydrogens is 270 g/mol. The smallest absolute Gasteiger partial charge is 0.273 e. The van der Waals surface area contributed by atoms with E-state index in [1.807, 2.05) is 13.8 Å². The molecule has 19 heavy (non-hydrogen) atoms. The lowest BCUT2D eigenvalue weighted by Gasteiger charge is -2.32. The second kappa shape index (κ2) is 6.49. The highest BCUT2D eigenvalue weighted by Gasteiger charge is 2.28. The predicted molar refractivity (Wildman–Crippen MR) is 74.2 cm³/mol. The molecule has 0 N–H and O–H groups in total. The highest BCUT2D eigenvalue weighted by atomic mass is 35.5. The molecule has 0 spiro atoms. The summed E-state index contributed by atoms with van der Waals surface area (Å²) in [6, 6.07) is 4.36. The van der Waals surface area contributed by atoms with E-state index in [0.29, 0.717) is 13.1 Å². The zero-order chi connectivity index (χ0) is 14.6. The molecule has 0 unspecified atom stereocenters. The van der Waals surface area contributed by atoms with Gasteiger partial charge in [0, 0.05) is 26.1 Å². The number of carbonyl (C=O) groups is 1. The van der Waals surface area contributed by atoms with E-state index < -0.39 is 4.92 Å². The lowest BCUT2D eigenvalue weighted by molar-refractivity contribution is -0.384. The first-order chi connectivity index (χ1) is 8.93. The van der Waals surface area contributed by atoms with Crippen LogP contribution in [0.1, 0.15) is 20.8 Å². The Morgan fingerprint density at radius 3 is 2.37 bits per heavy atom. The maximum atomic E-state index is 11.8. The summed E-state index contributed by atoms with van der Waals surface area (Å²) in [6.45, 7) is 6.16. The van der Waals surface area contributed by atoms with Crippen LogP contribution in [0.3, 0.4) is 0 Å². The second-order valence-corrected chi connectivity index (χ2v) is 4.24. The van der Waals surface area contributed by atoms with Crippen LogP contribution in [0.5, 0.6) is 0 Å². The van der Waals surface area contributed by atoms with E-state index in [4.69, 9.17) is 11.6 Å². The number of nitro benzene ring substituents is 1. The van der Waals surface area contributed by atoms with Crippen molar-refractivity contribution in [3.05, 3.63) is 33.3 Å². The van der Waals surface area contributed by atoms with E-state index in [0.717, 1.165) is 0 Å². The lowest BCUT2D eigenvalue weighted by Crippen LogP contribution is -2.46. The predicted octanol–water partition coefficient (Wildman–Crippen LogP) is 2.86.